The van der Waals surface area contributed by atoms with Crippen LogP contribution in [0.2, 0.25) is 0 Å². The molecule has 6 nitrogen and oxygen atoms in total. The summed E-state index contributed by atoms with van der Waals surface area (Å²) in [6, 6.07) is 7.62. The van der Waals surface area contributed by atoms with Crippen molar-refractivity contribution < 1.29 is 19.1 Å². The van der Waals surface area contributed by atoms with E-state index in [4.69, 9.17) is 4.74 Å². The SMILES string of the molecule is COC(=O)NC1(C(=O)NCc2ccccc2OC(C)C)CCCC1. The maximum absolute atomic E-state index is 12.7. The van der Waals surface area contributed by atoms with Crippen molar-refractivity contribution >= 4 is 12.0 Å². The lowest BCUT2D eigenvalue weighted by Crippen LogP contribution is -2.57. The van der Waals surface area contributed by atoms with Gasteiger partial charge in [0.2, 0.25) is 5.91 Å². The van der Waals surface area contributed by atoms with Crippen LogP contribution in [0, 0.1) is 0 Å². The summed E-state index contributed by atoms with van der Waals surface area (Å²) in [5, 5.41) is 5.66. The molecule has 0 saturated heterocycles. The fourth-order valence-electron chi connectivity index (χ4n) is 3.00. The lowest BCUT2D eigenvalue weighted by Gasteiger charge is -2.28. The van der Waals surface area contributed by atoms with Gasteiger partial charge in [0.25, 0.3) is 0 Å². The van der Waals surface area contributed by atoms with Gasteiger partial charge in [-0.1, -0.05) is 31.0 Å². The fourth-order valence-corrected chi connectivity index (χ4v) is 3.00. The van der Waals surface area contributed by atoms with Crippen molar-refractivity contribution in [2.24, 2.45) is 0 Å². The molecular weight excluding hydrogens is 308 g/mol. The number of nitrogens with one attached hydrogen (secondary N) is 2. The van der Waals surface area contributed by atoms with Gasteiger partial charge in [-0.25, -0.2) is 4.79 Å². The topological polar surface area (TPSA) is 76.7 Å². The normalized spacial score (nSPS) is 15.8. The summed E-state index contributed by atoms with van der Waals surface area (Å²) in [5.41, 5.74) is 0.0341. The molecule has 0 spiro atoms. The Hall–Kier alpha value is -2.24. The van der Waals surface area contributed by atoms with E-state index in [-0.39, 0.29) is 12.0 Å². The molecule has 0 atom stereocenters. The largest absolute Gasteiger partial charge is 0.491 e. The first kappa shape index (κ1) is 18.1. The molecule has 1 aliphatic carbocycles. The minimum absolute atomic E-state index is 0.0593. The summed E-state index contributed by atoms with van der Waals surface area (Å²) in [5.74, 6) is 0.582. The maximum Gasteiger partial charge on any atom is 0.407 e. The zero-order valence-electron chi connectivity index (χ0n) is 14.6. The zero-order valence-corrected chi connectivity index (χ0v) is 14.6. The van der Waals surface area contributed by atoms with Crippen molar-refractivity contribution in [1.29, 1.82) is 0 Å². The van der Waals surface area contributed by atoms with E-state index in [0.717, 1.165) is 24.2 Å². The zero-order chi connectivity index (χ0) is 17.6. The summed E-state index contributed by atoms with van der Waals surface area (Å²) < 4.78 is 10.4. The summed E-state index contributed by atoms with van der Waals surface area (Å²) in [6.07, 6.45) is 2.55. The number of alkyl carbamates (subject to hydrolysis) is 1. The number of amides is 2. The smallest absolute Gasteiger partial charge is 0.407 e. The van der Waals surface area contributed by atoms with Gasteiger partial charge in [-0.2, -0.15) is 0 Å². The van der Waals surface area contributed by atoms with Crippen molar-refractivity contribution in [3.05, 3.63) is 29.8 Å². The third-order valence-electron chi connectivity index (χ3n) is 4.19. The van der Waals surface area contributed by atoms with Crippen molar-refractivity contribution in [3.8, 4) is 5.75 Å². The molecule has 2 amide bonds. The standard InChI is InChI=1S/C18H26N2O4/c1-13(2)24-15-9-5-4-8-14(15)12-19-16(21)18(10-6-7-11-18)20-17(22)23-3/h4-5,8-9,13H,6-7,10-12H2,1-3H3,(H,19,21)(H,20,22). The minimum atomic E-state index is -0.874. The average Bonchev–Trinajstić information content (AvgIpc) is 3.02. The highest BCUT2D eigenvalue weighted by atomic mass is 16.5. The van der Waals surface area contributed by atoms with Gasteiger partial charge in [-0.15, -0.1) is 0 Å². The van der Waals surface area contributed by atoms with Gasteiger partial charge in [0.1, 0.15) is 11.3 Å². The molecular formula is C18H26N2O4. The lowest BCUT2D eigenvalue weighted by molar-refractivity contribution is -0.127. The number of rotatable bonds is 6. The van der Waals surface area contributed by atoms with Gasteiger partial charge in [-0.3, -0.25) is 4.79 Å². The Morgan fingerprint density at radius 2 is 1.88 bits per heavy atom. The van der Waals surface area contributed by atoms with E-state index in [1.54, 1.807) is 0 Å². The number of hydrogen-bond donors (Lipinski definition) is 2. The van der Waals surface area contributed by atoms with E-state index in [0.29, 0.717) is 19.4 Å². The van der Waals surface area contributed by atoms with Crippen LogP contribution in [0.4, 0.5) is 4.79 Å². The number of hydrogen-bond acceptors (Lipinski definition) is 4. The van der Waals surface area contributed by atoms with Crippen molar-refractivity contribution in [1.82, 2.24) is 10.6 Å². The Balaban J connectivity index is 2.05. The highest BCUT2D eigenvalue weighted by Crippen LogP contribution is 2.30. The Morgan fingerprint density at radius 3 is 2.50 bits per heavy atom. The van der Waals surface area contributed by atoms with Gasteiger partial charge in [0, 0.05) is 12.1 Å². The molecule has 1 saturated carbocycles. The maximum atomic E-state index is 12.7. The lowest BCUT2D eigenvalue weighted by atomic mass is 9.96. The summed E-state index contributed by atoms with van der Waals surface area (Å²) in [4.78, 5) is 24.3. The highest BCUT2D eigenvalue weighted by Gasteiger charge is 2.42. The third kappa shape index (κ3) is 4.40. The van der Waals surface area contributed by atoms with Crippen LogP contribution >= 0.6 is 0 Å². The molecule has 132 valence electrons. The molecule has 0 aromatic heterocycles. The number of benzene rings is 1. The van der Waals surface area contributed by atoms with E-state index in [2.05, 4.69) is 15.4 Å². The summed E-state index contributed by atoms with van der Waals surface area (Å²) in [6.45, 7) is 4.28. The van der Waals surface area contributed by atoms with Crippen LogP contribution in [0.5, 0.6) is 5.75 Å². The van der Waals surface area contributed by atoms with Crippen LogP contribution < -0.4 is 15.4 Å². The van der Waals surface area contributed by atoms with Crippen molar-refractivity contribution in [2.45, 2.75) is 57.7 Å². The third-order valence-corrected chi connectivity index (χ3v) is 4.19. The molecule has 2 N–H and O–H groups in total. The molecule has 1 aromatic carbocycles. The van der Waals surface area contributed by atoms with Crippen LogP contribution in [0.25, 0.3) is 0 Å². The molecule has 1 fully saturated rings. The molecule has 6 heteroatoms. The number of carbonyl (C=O) groups is 2. The van der Waals surface area contributed by atoms with Gasteiger partial charge in [0.15, 0.2) is 0 Å². The molecule has 2 rings (SSSR count). The molecule has 1 aliphatic rings. The summed E-state index contributed by atoms with van der Waals surface area (Å²) in [7, 11) is 1.30. The summed E-state index contributed by atoms with van der Waals surface area (Å²) >= 11 is 0. The molecule has 0 heterocycles. The molecule has 0 unspecified atom stereocenters. The van der Waals surface area contributed by atoms with Crippen molar-refractivity contribution in [3.63, 3.8) is 0 Å². The number of methoxy groups -OCH3 is 1. The quantitative estimate of drug-likeness (QED) is 0.839. The Kier molecular flexibility index (Phi) is 6.06. The van der Waals surface area contributed by atoms with Crippen LogP contribution in [-0.4, -0.2) is 30.8 Å². The van der Waals surface area contributed by atoms with E-state index >= 15 is 0 Å². The Bertz CT molecular complexity index is 580. The van der Waals surface area contributed by atoms with E-state index < -0.39 is 11.6 Å². The molecule has 24 heavy (non-hydrogen) atoms. The first-order valence-electron chi connectivity index (χ1n) is 8.36. The van der Waals surface area contributed by atoms with E-state index in [1.165, 1.54) is 7.11 Å². The van der Waals surface area contributed by atoms with Gasteiger partial charge >= 0.3 is 6.09 Å². The van der Waals surface area contributed by atoms with Gasteiger partial charge in [-0.05, 0) is 32.8 Å². The second-order valence-electron chi connectivity index (χ2n) is 6.36. The monoisotopic (exact) mass is 334 g/mol. The van der Waals surface area contributed by atoms with Gasteiger partial charge < -0.3 is 20.1 Å². The number of carbonyl (C=O) groups excluding carboxylic acids is 2. The highest BCUT2D eigenvalue weighted by molar-refractivity contribution is 5.90. The first-order valence-corrected chi connectivity index (χ1v) is 8.36. The second kappa shape index (κ2) is 8.04. The van der Waals surface area contributed by atoms with Gasteiger partial charge in [0.05, 0.1) is 13.2 Å². The Morgan fingerprint density at radius 1 is 1.21 bits per heavy atom. The second-order valence-corrected chi connectivity index (χ2v) is 6.36. The van der Waals surface area contributed by atoms with Crippen molar-refractivity contribution in [2.75, 3.05) is 7.11 Å². The first-order chi connectivity index (χ1) is 11.5. The molecule has 0 radical (unpaired) electrons. The predicted octanol–water partition coefficient (Wildman–Crippen LogP) is 2.76. The van der Waals surface area contributed by atoms with Crippen LogP contribution in [0.15, 0.2) is 24.3 Å². The van der Waals surface area contributed by atoms with Crippen LogP contribution in [-0.2, 0) is 16.1 Å². The predicted molar refractivity (Wildman–Crippen MR) is 90.8 cm³/mol. The number of para-hydroxylation sites is 1. The van der Waals surface area contributed by atoms with Crippen LogP contribution in [0.3, 0.4) is 0 Å². The fraction of sp³-hybridized carbons (Fsp3) is 0.556. The van der Waals surface area contributed by atoms with Crippen LogP contribution in [0.1, 0.15) is 45.1 Å². The Labute approximate surface area is 142 Å². The minimum Gasteiger partial charge on any atom is -0.491 e. The molecule has 1 aromatic rings. The number of ether oxygens (including phenoxy) is 2. The molecule has 0 aliphatic heterocycles. The molecule has 0 bridgehead atoms. The van der Waals surface area contributed by atoms with E-state index in [1.807, 2.05) is 38.1 Å². The average molecular weight is 334 g/mol. The van der Waals surface area contributed by atoms with E-state index in [9.17, 15) is 9.59 Å².